The van der Waals surface area contributed by atoms with Gasteiger partial charge in [0.05, 0.1) is 15.9 Å². The highest BCUT2D eigenvalue weighted by Crippen LogP contribution is 2.47. The zero-order valence-corrected chi connectivity index (χ0v) is 17.4. The average Bonchev–Trinajstić information content (AvgIpc) is 3.06. The smallest absolute Gasteiger partial charge is 0.268 e. The molecule has 8 heteroatoms. The number of nitrogens with two attached hydrogens (primary N) is 1. The zero-order valence-electron chi connectivity index (χ0n) is 16.6. The second-order valence-electron chi connectivity index (χ2n) is 8.16. The van der Waals surface area contributed by atoms with Crippen molar-refractivity contribution in [3.8, 4) is 0 Å². The van der Waals surface area contributed by atoms with E-state index in [0.29, 0.717) is 5.52 Å². The number of amides is 1. The minimum Gasteiger partial charge on any atom is -0.364 e. The van der Waals surface area contributed by atoms with E-state index in [1.165, 1.54) is 24.5 Å². The number of H-pyrrole nitrogens is 1. The molecule has 1 aliphatic carbocycles. The van der Waals surface area contributed by atoms with E-state index in [1.54, 1.807) is 12.1 Å². The van der Waals surface area contributed by atoms with Crippen LogP contribution < -0.4 is 11.2 Å². The molecule has 2 aromatic heterocycles. The summed E-state index contributed by atoms with van der Waals surface area (Å²) in [5, 5.41) is 0.199. The maximum absolute atomic E-state index is 13.3. The van der Waals surface area contributed by atoms with Crippen LogP contribution in [0.1, 0.15) is 55.1 Å². The molecule has 30 heavy (non-hydrogen) atoms. The molecule has 1 amide bonds. The second-order valence-corrected chi connectivity index (χ2v) is 8.53. The Bertz CT molecular complexity index is 1160. The van der Waals surface area contributed by atoms with Gasteiger partial charge in [0.1, 0.15) is 5.69 Å². The molecule has 0 bridgehead atoms. The van der Waals surface area contributed by atoms with E-state index in [-0.39, 0.29) is 32.9 Å². The number of nitrogens with one attached hydrogen (secondary N) is 1. The highest BCUT2D eigenvalue weighted by molar-refractivity contribution is 6.31. The minimum absolute atomic E-state index is 0.00403. The largest absolute Gasteiger partial charge is 0.364 e. The van der Waals surface area contributed by atoms with E-state index in [2.05, 4.69) is 23.8 Å². The second kappa shape index (κ2) is 8.52. The van der Waals surface area contributed by atoms with Gasteiger partial charge in [0.2, 0.25) is 0 Å². The van der Waals surface area contributed by atoms with Gasteiger partial charge in [-0.25, -0.2) is 8.78 Å². The number of aromatic amines is 1. The normalized spacial score (nSPS) is 17.4. The maximum atomic E-state index is 13.3. The maximum Gasteiger partial charge on any atom is 0.268 e. The Hall–Kier alpha value is -2.80. The molecule has 0 saturated heterocycles. The number of hydrogen-bond acceptors (Lipinski definition) is 3. The molecule has 0 spiro atoms. The van der Waals surface area contributed by atoms with E-state index >= 15 is 0 Å². The van der Waals surface area contributed by atoms with Crippen molar-refractivity contribution in [1.82, 2.24) is 9.97 Å². The van der Waals surface area contributed by atoms with E-state index in [0.717, 1.165) is 24.8 Å². The topological polar surface area (TPSA) is 88.8 Å². The summed E-state index contributed by atoms with van der Waals surface area (Å²) in [4.78, 5) is 29.0. The summed E-state index contributed by atoms with van der Waals surface area (Å²) >= 11 is 5.86. The fraction of sp³-hybridized carbons (Fsp3) is 0.318. The fourth-order valence-corrected chi connectivity index (χ4v) is 4.17. The molecule has 1 fully saturated rings. The molecule has 158 valence electrons. The summed E-state index contributed by atoms with van der Waals surface area (Å²) in [7, 11) is 0. The molecular formula is C22H22ClF2N3O2. The number of aromatic nitrogens is 2. The van der Waals surface area contributed by atoms with Gasteiger partial charge in [-0.1, -0.05) is 31.5 Å². The summed E-state index contributed by atoms with van der Waals surface area (Å²) in [6.07, 6.45) is 6.02. The summed E-state index contributed by atoms with van der Waals surface area (Å²) in [6.45, 7) is 4.39. The van der Waals surface area contributed by atoms with Crippen LogP contribution in [-0.4, -0.2) is 15.9 Å². The van der Waals surface area contributed by atoms with Crippen LogP contribution in [0.25, 0.3) is 10.9 Å². The van der Waals surface area contributed by atoms with Crippen molar-refractivity contribution in [2.24, 2.45) is 11.1 Å². The lowest BCUT2D eigenvalue weighted by atomic mass is 9.88. The van der Waals surface area contributed by atoms with Crippen LogP contribution in [0.15, 0.2) is 41.5 Å². The van der Waals surface area contributed by atoms with Crippen LogP contribution in [0.5, 0.6) is 0 Å². The number of primary amides is 1. The van der Waals surface area contributed by atoms with Gasteiger partial charge in [-0.3, -0.25) is 14.6 Å². The van der Waals surface area contributed by atoms with Gasteiger partial charge in [0.25, 0.3) is 5.91 Å². The lowest BCUT2D eigenvalue weighted by Crippen LogP contribution is -2.17. The Morgan fingerprint density at radius 1 is 1.27 bits per heavy atom. The van der Waals surface area contributed by atoms with Gasteiger partial charge < -0.3 is 10.7 Å². The highest BCUT2D eigenvalue weighted by atomic mass is 35.5. The molecule has 3 N–H and O–H groups in total. The van der Waals surface area contributed by atoms with E-state index in [9.17, 15) is 18.4 Å². The number of hydrogen-bond donors (Lipinski definition) is 2. The van der Waals surface area contributed by atoms with Crippen LogP contribution in [0.4, 0.5) is 8.78 Å². The first-order valence-electron chi connectivity index (χ1n) is 9.50. The first-order chi connectivity index (χ1) is 14.1. The molecule has 0 radical (unpaired) electrons. The van der Waals surface area contributed by atoms with Crippen LogP contribution in [0, 0.1) is 17.0 Å². The van der Waals surface area contributed by atoms with E-state index in [4.69, 9.17) is 17.3 Å². The van der Waals surface area contributed by atoms with E-state index in [1.807, 2.05) is 0 Å². The highest BCUT2D eigenvalue weighted by Gasteiger charge is 2.33. The number of pyridine rings is 2. The number of carbonyl (C=O) groups excluding carboxylic acids is 1. The predicted molar refractivity (Wildman–Crippen MR) is 113 cm³/mol. The molecule has 5 nitrogen and oxygen atoms in total. The fourth-order valence-electron chi connectivity index (χ4n) is 3.87. The Kier molecular flexibility index (Phi) is 6.22. The Labute approximate surface area is 177 Å². The molecule has 2 heterocycles. The van der Waals surface area contributed by atoms with Crippen molar-refractivity contribution in [2.45, 2.75) is 39.0 Å². The molecule has 1 aliphatic rings. The summed E-state index contributed by atoms with van der Waals surface area (Å²) in [5.41, 5.74) is 6.42. The average molecular weight is 434 g/mol. The lowest BCUT2D eigenvalue weighted by Gasteiger charge is -2.18. The third-order valence-corrected chi connectivity index (χ3v) is 5.76. The first kappa shape index (κ1) is 21.9. The van der Waals surface area contributed by atoms with Gasteiger partial charge in [-0.2, -0.15) is 0 Å². The standard InChI is InChI=1S/C13H15ClF2.C9H7N3O2/c1-13(2)6-5-8(7-13)9-3-4-10(15)12(16)11(9)14;10-9(14)8-7-5(1-3-12-8)11-4-2-6(7)13/h3-4,8H,5-7H2,1-2H3;1-4H,(H2,10,14)(H,11,13)/t8-;/m1./s1. The van der Waals surface area contributed by atoms with Gasteiger partial charge in [0.15, 0.2) is 17.1 Å². The number of fused-ring (bicyclic) bond motifs is 1. The molecule has 1 atom stereocenters. The summed E-state index contributed by atoms with van der Waals surface area (Å²) in [5.74, 6) is -2.22. The number of carbonyl (C=O) groups is 1. The number of nitrogens with zero attached hydrogens (tertiary/aromatic N) is 1. The minimum atomic E-state index is -0.913. The number of rotatable bonds is 2. The quantitative estimate of drug-likeness (QED) is 0.561. The van der Waals surface area contributed by atoms with Gasteiger partial charge in [-0.15, -0.1) is 0 Å². The molecule has 4 rings (SSSR count). The van der Waals surface area contributed by atoms with Crippen LogP contribution in [0.2, 0.25) is 5.02 Å². The summed E-state index contributed by atoms with van der Waals surface area (Å²) in [6, 6.07) is 5.73. The Balaban J connectivity index is 0.000000172. The molecule has 0 aliphatic heterocycles. The molecule has 1 aromatic carbocycles. The molecule has 3 aromatic rings. The first-order valence-corrected chi connectivity index (χ1v) is 9.88. The van der Waals surface area contributed by atoms with Crippen molar-refractivity contribution in [1.29, 1.82) is 0 Å². The van der Waals surface area contributed by atoms with Crippen LogP contribution in [0.3, 0.4) is 0 Å². The molecule has 1 saturated carbocycles. The van der Waals surface area contributed by atoms with Crippen LogP contribution in [-0.2, 0) is 0 Å². The monoisotopic (exact) mass is 433 g/mol. The summed E-state index contributed by atoms with van der Waals surface area (Å²) < 4.78 is 26.3. The van der Waals surface area contributed by atoms with Gasteiger partial charge in [0, 0.05) is 18.5 Å². The van der Waals surface area contributed by atoms with Gasteiger partial charge >= 0.3 is 0 Å². The SMILES string of the molecule is CC1(C)CC[C@@H](c2ccc(F)c(F)c2Cl)C1.NC(=O)c1nccc2[nH]ccc(=O)c12. The molecule has 0 unspecified atom stereocenters. The van der Waals surface area contributed by atoms with Crippen molar-refractivity contribution in [2.75, 3.05) is 0 Å². The van der Waals surface area contributed by atoms with Crippen molar-refractivity contribution >= 4 is 28.4 Å². The number of benzene rings is 1. The van der Waals surface area contributed by atoms with E-state index < -0.39 is 17.5 Å². The zero-order chi connectivity index (χ0) is 22.1. The molecular weight excluding hydrogens is 412 g/mol. The van der Waals surface area contributed by atoms with Gasteiger partial charge in [-0.05, 0) is 48.3 Å². The lowest BCUT2D eigenvalue weighted by molar-refractivity contribution is 0.0997. The Morgan fingerprint density at radius 3 is 2.63 bits per heavy atom. The predicted octanol–water partition coefficient (Wildman–Crippen LogP) is 4.93. The van der Waals surface area contributed by atoms with Crippen molar-refractivity contribution in [3.63, 3.8) is 0 Å². The number of halogens is 3. The van der Waals surface area contributed by atoms with Crippen molar-refractivity contribution < 1.29 is 13.6 Å². The third-order valence-electron chi connectivity index (χ3n) is 5.38. The Morgan fingerprint density at radius 2 is 2.00 bits per heavy atom. The van der Waals surface area contributed by atoms with Crippen LogP contribution >= 0.6 is 11.6 Å². The third kappa shape index (κ3) is 4.51. The van der Waals surface area contributed by atoms with Crippen molar-refractivity contribution in [3.05, 3.63) is 74.8 Å².